The number of carbonyl (C=O) groups is 1. The Morgan fingerprint density at radius 3 is 2.70 bits per heavy atom. The van der Waals surface area contributed by atoms with Gasteiger partial charge in [-0.15, -0.1) is 10.2 Å². The number of hydrogen-bond donors (Lipinski definition) is 2. The summed E-state index contributed by atoms with van der Waals surface area (Å²) in [7, 11) is 1.62. The van der Waals surface area contributed by atoms with Crippen molar-refractivity contribution in [2.75, 3.05) is 19.0 Å². The van der Waals surface area contributed by atoms with Gasteiger partial charge in [-0.05, 0) is 36.6 Å². The van der Waals surface area contributed by atoms with E-state index in [-0.39, 0.29) is 5.91 Å². The van der Waals surface area contributed by atoms with Crippen LogP contribution in [0.25, 0.3) is 0 Å². The van der Waals surface area contributed by atoms with E-state index in [1.807, 2.05) is 24.3 Å². The van der Waals surface area contributed by atoms with Gasteiger partial charge in [-0.25, -0.2) is 0 Å². The minimum atomic E-state index is -0.203. The van der Waals surface area contributed by atoms with E-state index in [2.05, 4.69) is 34.7 Å². The highest BCUT2D eigenvalue weighted by Gasteiger charge is 2.08. The number of nitrogens with zero attached hydrogens (tertiary/aromatic N) is 2. The Balaban J connectivity index is 1.94. The zero-order valence-corrected chi connectivity index (χ0v) is 13.7. The SMILES string of the molecule is COc1cccc(Nc2ccc(C(=O)NCCC(C)C)nn2)c1. The van der Waals surface area contributed by atoms with Gasteiger partial charge in [-0.1, -0.05) is 19.9 Å². The van der Waals surface area contributed by atoms with Gasteiger partial charge in [0.05, 0.1) is 7.11 Å². The molecule has 1 aromatic carbocycles. The van der Waals surface area contributed by atoms with Crippen molar-refractivity contribution in [3.63, 3.8) is 0 Å². The molecule has 0 fully saturated rings. The van der Waals surface area contributed by atoms with Crippen LogP contribution in [-0.4, -0.2) is 29.8 Å². The summed E-state index contributed by atoms with van der Waals surface area (Å²) in [6, 6.07) is 10.9. The van der Waals surface area contributed by atoms with Gasteiger partial charge in [0.1, 0.15) is 5.75 Å². The zero-order chi connectivity index (χ0) is 16.7. The fourth-order valence-corrected chi connectivity index (χ4v) is 1.93. The standard InChI is InChI=1S/C17H22N4O2/c1-12(2)9-10-18-17(22)15-7-8-16(21-20-15)19-13-5-4-6-14(11-13)23-3/h4-8,11-12H,9-10H2,1-3H3,(H,18,22)(H,19,21). The Kier molecular flexibility index (Phi) is 5.91. The molecule has 0 saturated heterocycles. The molecule has 23 heavy (non-hydrogen) atoms. The van der Waals surface area contributed by atoms with Gasteiger partial charge in [0, 0.05) is 18.3 Å². The number of carbonyl (C=O) groups excluding carboxylic acids is 1. The summed E-state index contributed by atoms with van der Waals surface area (Å²) in [4.78, 5) is 11.9. The number of anilines is 2. The molecule has 1 aromatic heterocycles. The lowest BCUT2D eigenvalue weighted by atomic mass is 10.1. The molecule has 2 N–H and O–H groups in total. The van der Waals surface area contributed by atoms with Crippen LogP contribution in [0.4, 0.5) is 11.5 Å². The number of aromatic nitrogens is 2. The van der Waals surface area contributed by atoms with Crippen molar-refractivity contribution in [2.24, 2.45) is 5.92 Å². The number of nitrogens with one attached hydrogen (secondary N) is 2. The van der Waals surface area contributed by atoms with Crippen molar-refractivity contribution < 1.29 is 9.53 Å². The number of amides is 1. The van der Waals surface area contributed by atoms with Crippen LogP contribution in [0.15, 0.2) is 36.4 Å². The van der Waals surface area contributed by atoms with Gasteiger partial charge in [0.25, 0.3) is 5.91 Å². The second-order valence-electron chi connectivity index (χ2n) is 5.60. The van der Waals surface area contributed by atoms with Gasteiger partial charge in [-0.2, -0.15) is 0 Å². The molecule has 2 rings (SSSR count). The average Bonchev–Trinajstić information content (AvgIpc) is 2.55. The molecule has 0 saturated carbocycles. The number of methoxy groups -OCH3 is 1. The summed E-state index contributed by atoms with van der Waals surface area (Å²) < 4.78 is 5.17. The normalized spacial score (nSPS) is 10.4. The maximum absolute atomic E-state index is 11.9. The van der Waals surface area contributed by atoms with Crippen molar-refractivity contribution >= 4 is 17.4 Å². The summed E-state index contributed by atoms with van der Waals surface area (Å²) in [5.74, 6) is 1.67. The van der Waals surface area contributed by atoms with Gasteiger partial charge >= 0.3 is 0 Å². The minimum Gasteiger partial charge on any atom is -0.497 e. The summed E-state index contributed by atoms with van der Waals surface area (Å²) in [6.45, 7) is 4.87. The zero-order valence-electron chi connectivity index (χ0n) is 13.7. The van der Waals surface area contributed by atoms with Crippen molar-refractivity contribution in [3.05, 3.63) is 42.1 Å². The second-order valence-corrected chi connectivity index (χ2v) is 5.60. The monoisotopic (exact) mass is 314 g/mol. The lowest BCUT2D eigenvalue weighted by Gasteiger charge is -2.08. The Morgan fingerprint density at radius 1 is 1.22 bits per heavy atom. The van der Waals surface area contributed by atoms with Crippen molar-refractivity contribution in [1.82, 2.24) is 15.5 Å². The van der Waals surface area contributed by atoms with Crippen LogP contribution in [0.2, 0.25) is 0 Å². The molecule has 0 aliphatic carbocycles. The molecule has 1 heterocycles. The highest BCUT2D eigenvalue weighted by molar-refractivity contribution is 5.92. The summed E-state index contributed by atoms with van der Waals surface area (Å²) in [5, 5.41) is 13.9. The molecule has 0 radical (unpaired) electrons. The van der Waals surface area contributed by atoms with Crippen LogP contribution in [0.5, 0.6) is 5.75 Å². The van der Waals surface area contributed by atoms with E-state index >= 15 is 0 Å². The van der Waals surface area contributed by atoms with Crippen molar-refractivity contribution in [2.45, 2.75) is 20.3 Å². The molecular formula is C17H22N4O2. The fourth-order valence-electron chi connectivity index (χ4n) is 1.93. The predicted molar refractivity (Wildman–Crippen MR) is 90.1 cm³/mol. The third-order valence-electron chi connectivity index (χ3n) is 3.25. The van der Waals surface area contributed by atoms with E-state index < -0.39 is 0 Å². The molecule has 0 bridgehead atoms. The molecule has 2 aromatic rings. The molecule has 6 heteroatoms. The van der Waals surface area contributed by atoms with Crippen molar-refractivity contribution in [1.29, 1.82) is 0 Å². The van der Waals surface area contributed by atoms with Crippen LogP contribution < -0.4 is 15.4 Å². The largest absolute Gasteiger partial charge is 0.497 e. The van der Waals surface area contributed by atoms with Crippen molar-refractivity contribution in [3.8, 4) is 5.75 Å². The van der Waals surface area contributed by atoms with E-state index in [9.17, 15) is 4.79 Å². The third-order valence-corrected chi connectivity index (χ3v) is 3.25. The molecule has 6 nitrogen and oxygen atoms in total. The Hall–Kier alpha value is -2.63. The Morgan fingerprint density at radius 2 is 2.04 bits per heavy atom. The predicted octanol–water partition coefficient (Wildman–Crippen LogP) is 3.00. The van der Waals surface area contributed by atoms with E-state index in [0.29, 0.717) is 24.0 Å². The lowest BCUT2D eigenvalue weighted by Crippen LogP contribution is -2.26. The van der Waals surface area contributed by atoms with Crippen LogP contribution in [0, 0.1) is 5.92 Å². The molecule has 0 aliphatic heterocycles. The van der Waals surface area contributed by atoms with Gasteiger partial charge in [-0.3, -0.25) is 4.79 Å². The number of hydrogen-bond acceptors (Lipinski definition) is 5. The first kappa shape index (κ1) is 16.7. The second kappa shape index (κ2) is 8.12. The number of benzene rings is 1. The first-order valence-corrected chi connectivity index (χ1v) is 7.61. The van der Waals surface area contributed by atoms with E-state index in [0.717, 1.165) is 17.9 Å². The van der Waals surface area contributed by atoms with E-state index in [1.165, 1.54) is 0 Å². The first-order valence-electron chi connectivity index (χ1n) is 7.61. The van der Waals surface area contributed by atoms with E-state index in [4.69, 9.17) is 4.74 Å². The van der Waals surface area contributed by atoms with E-state index in [1.54, 1.807) is 19.2 Å². The smallest absolute Gasteiger partial charge is 0.271 e. The average molecular weight is 314 g/mol. The number of ether oxygens (including phenoxy) is 1. The van der Waals surface area contributed by atoms with Gasteiger partial charge < -0.3 is 15.4 Å². The topological polar surface area (TPSA) is 76.1 Å². The lowest BCUT2D eigenvalue weighted by molar-refractivity contribution is 0.0946. The molecular weight excluding hydrogens is 292 g/mol. The Bertz CT molecular complexity index is 641. The maximum atomic E-state index is 11.9. The van der Waals surface area contributed by atoms with Crippen LogP contribution in [0.3, 0.4) is 0 Å². The van der Waals surface area contributed by atoms with Crippen LogP contribution in [0.1, 0.15) is 30.8 Å². The minimum absolute atomic E-state index is 0.203. The fraction of sp³-hybridized carbons (Fsp3) is 0.353. The highest BCUT2D eigenvalue weighted by atomic mass is 16.5. The molecule has 0 spiro atoms. The summed E-state index contributed by atoms with van der Waals surface area (Å²) >= 11 is 0. The molecule has 0 atom stereocenters. The quantitative estimate of drug-likeness (QED) is 0.821. The first-order chi connectivity index (χ1) is 11.1. The third kappa shape index (κ3) is 5.25. The van der Waals surface area contributed by atoms with Gasteiger partial charge in [0.15, 0.2) is 11.5 Å². The highest BCUT2D eigenvalue weighted by Crippen LogP contribution is 2.19. The molecule has 122 valence electrons. The Labute approximate surface area is 136 Å². The summed E-state index contributed by atoms with van der Waals surface area (Å²) in [6.07, 6.45) is 0.939. The number of rotatable bonds is 7. The maximum Gasteiger partial charge on any atom is 0.271 e. The molecule has 0 unspecified atom stereocenters. The summed E-state index contributed by atoms with van der Waals surface area (Å²) in [5.41, 5.74) is 1.15. The molecule has 0 aliphatic rings. The van der Waals surface area contributed by atoms with Gasteiger partial charge in [0.2, 0.25) is 0 Å². The van der Waals surface area contributed by atoms with Crippen LogP contribution in [-0.2, 0) is 0 Å². The molecule has 1 amide bonds. The van der Waals surface area contributed by atoms with Crippen LogP contribution >= 0.6 is 0 Å².